The van der Waals surface area contributed by atoms with Crippen LogP contribution in [0.15, 0.2) is 0 Å². The lowest BCUT2D eigenvalue weighted by Gasteiger charge is -2.11. The molecule has 0 bridgehead atoms. The molecule has 1 atom stereocenters. The van der Waals surface area contributed by atoms with Gasteiger partial charge in [-0.25, -0.2) is 0 Å². The predicted molar refractivity (Wildman–Crippen MR) is 59.6 cm³/mol. The molecule has 0 aromatic heterocycles. The lowest BCUT2D eigenvalue weighted by atomic mass is 10.2. The van der Waals surface area contributed by atoms with Crippen LogP contribution in [0.1, 0.15) is 26.7 Å². The summed E-state index contributed by atoms with van der Waals surface area (Å²) in [6, 6.07) is 0. The average Bonchev–Trinajstić information content (AvgIpc) is 2.17. The summed E-state index contributed by atoms with van der Waals surface area (Å²) < 4.78 is 10.4. The zero-order valence-corrected chi connectivity index (χ0v) is 9.84. The largest absolute Gasteiger partial charge is 0.384 e. The lowest BCUT2D eigenvalue weighted by Crippen LogP contribution is -2.25. The molecule has 0 fully saturated rings. The van der Waals surface area contributed by atoms with Crippen molar-refractivity contribution in [2.75, 3.05) is 40.0 Å². The second-order valence-corrected chi connectivity index (χ2v) is 3.73. The van der Waals surface area contributed by atoms with E-state index in [9.17, 15) is 0 Å². The first kappa shape index (κ1) is 13.9. The molecule has 1 unspecified atom stereocenters. The Hall–Kier alpha value is -0.120. The number of rotatable bonds is 10. The fraction of sp³-hybridized carbons (Fsp3) is 1.00. The monoisotopic (exact) mass is 203 g/mol. The third kappa shape index (κ3) is 9.96. The molecule has 0 aliphatic carbocycles. The minimum Gasteiger partial charge on any atom is -0.384 e. The maximum Gasteiger partial charge on any atom is 0.0499 e. The summed E-state index contributed by atoms with van der Waals surface area (Å²) in [6.45, 7) is 8.98. The van der Waals surface area contributed by atoms with E-state index in [1.807, 2.05) is 0 Å². The molecule has 0 saturated carbocycles. The van der Waals surface area contributed by atoms with E-state index >= 15 is 0 Å². The summed E-state index contributed by atoms with van der Waals surface area (Å²) in [5, 5.41) is 3.39. The quantitative estimate of drug-likeness (QED) is 0.548. The van der Waals surface area contributed by atoms with Crippen LogP contribution in [-0.2, 0) is 9.47 Å². The van der Waals surface area contributed by atoms with Gasteiger partial charge in [-0.1, -0.05) is 13.8 Å². The van der Waals surface area contributed by atoms with E-state index in [1.165, 1.54) is 0 Å². The molecule has 3 nitrogen and oxygen atoms in total. The Morgan fingerprint density at radius 2 is 2.07 bits per heavy atom. The topological polar surface area (TPSA) is 30.5 Å². The zero-order chi connectivity index (χ0) is 10.6. The highest BCUT2D eigenvalue weighted by molar-refractivity contribution is 4.55. The van der Waals surface area contributed by atoms with E-state index in [0.29, 0.717) is 5.92 Å². The third-order valence-corrected chi connectivity index (χ3v) is 1.93. The summed E-state index contributed by atoms with van der Waals surface area (Å²) in [5.74, 6) is 0.594. The van der Waals surface area contributed by atoms with Gasteiger partial charge in [0.15, 0.2) is 0 Å². The second kappa shape index (κ2) is 11.0. The molecule has 0 aliphatic heterocycles. The maximum atomic E-state index is 5.37. The molecule has 0 saturated heterocycles. The van der Waals surface area contributed by atoms with Gasteiger partial charge in [0.25, 0.3) is 0 Å². The number of methoxy groups -OCH3 is 1. The van der Waals surface area contributed by atoms with Gasteiger partial charge in [-0.3, -0.25) is 0 Å². The summed E-state index contributed by atoms with van der Waals surface area (Å²) >= 11 is 0. The molecule has 1 N–H and O–H groups in total. The molecule has 0 aromatic carbocycles. The summed E-state index contributed by atoms with van der Waals surface area (Å²) in [6.07, 6.45) is 2.21. The Bertz CT molecular complexity index is 109. The molecular formula is C11H25NO2. The number of nitrogens with one attached hydrogen (secondary N) is 1. The van der Waals surface area contributed by atoms with E-state index < -0.39 is 0 Å². The van der Waals surface area contributed by atoms with Crippen LogP contribution in [0.25, 0.3) is 0 Å². The van der Waals surface area contributed by atoms with Crippen molar-refractivity contribution >= 4 is 0 Å². The molecule has 14 heavy (non-hydrogen) atoms. The summed E-state index contributed by atoms with van der Waals surface area (Å²) in [5.41, 5.74) is 0. The molecule has 0 amide bonds. The van der Waals surface area contributed by atoms with Crippen LogP contribution in [0, 0.1) is 5.92 Å². The predicted octanol–water partition coefficient (Wildman–Crippen LogP) is 1.68. The van der Waals surface area contributed by atoms with Gasteiger partial charge >= 0.3 is 0 Å². The van der Waals surface area contributed by atoms with Crippen molar-refractivity contribution in [3.05, 3.63) is 0 Å². The molecule has 0 rings (SSSR count). The van der Waals surface area contributed by atoms with Crippen LogP contribution in [0.5, 0.6) is 0 Å². The van der Waals surface area contributed by atoms with Crippen molar-refractivity contribution in [2.24, 2.45) is 5.92 Å². The zero-order valence-electron chi connectivity index (χ0n) is 9.84. The Balaban J connectivity index is 2.98. The minimum atomic E-state index is 0.594. The SMILES string of the molecule is CCCOCCCNCC(C)COC. The van der Waals surface area contributed by atoms with Crippen LogP contribution < -0.4 is 5.32 Å². The van der Waals surface area contributed by atoms with E-state index in [2.05, 4.69) is 19.2 Å². The van der Waals surface area contributed by atoms with Gasteiger partial charge in [0.2, 0.25) is 0 Å². The number of hydrogen-bond donors (Lipinski definition) is 1. The Labute approximate surface area is 88.2 Å². The fourth-order valence-electron chi connectivity index (χ4n) is 1.24. The van der Waals surface area contributed by atoms with Crippen LogP contribution in [0.3, 0.4) is 0 Å². The fourth-order valence-corrected chi connectivity index (χ4v) is 1.24. The van der Waals surface area contributed by atoms with E-state index in [-0.39, 0.29) is 0 Å². The van der Waals surface area contributed by atoms with Crippen molar-refractivity contribution < 1.29 is 9.47 Å². The molecule has 0 aromatic rings. The summed E-state index contributed by atoms with van der Waals surface area (Å²) in [4.78, 5) is 0. The Morgan fingerprint density at radius 1 is 1.29 bits per heavy atom. The first-order chi connectivity index (χ1) is 6.81. The lowest BCUT2D eigenvalue weighted by molar-refractivity contribution is 0.130. The van der Waals surface area contributed by atoms with Gasteiger partial charge in [0, 0.05) is 26.9 Å². The summed E-state index contributed by atoms with van der Waals surface area (Å²) in [7, 11) is 1.75. The molecule has 0 radical (unpaired) electrons. The Kier molecular flexibility index (Phi) is 10.9. The van der Waals surface area contributed by atoms with Crippen molar-refractivity contribution in [1.29, 1.82) is 0 Å². The molecular weight excluding hydrogens is 178 g/mol. The highest BCUT2D eigenvalue weighted by Crippen LogP contribution is 1.92. The van der Waals surface area contributed by atoms with Crippen molar-refractivity contribution in [3.63, 3.8) is 0 Å². The Morgan fingerprint density at radius 3 is 2.71 bits per heavy atom. The maximum absolute atomic E-state index is 5.37. The minimum absolute atomic E-state index is 0.594. The number of ether oxygens (including phenoxy) is 2. The first-order valence-electron chi connectivity index (χ1n) is 5.58. The molecule has 0 spiro atoms. The van der Waals surface area contributed by atoms with Gasteiger partial charge < -0.3 is 14.8 Å². The third-order valence-electron chi connectivity index (χ3n) is 1.93. The van der Waals surface area contributed by atoms with Crippen LogP contribution in [0.4, 0.5) is 0 Å². The van der Waals surface area contributed by atoms with Crippen molar-refractivity contribution in [1.82, 2.24) is 5.32 Å². The molecule has 0 aliphatic rings. The normalized spacial score (nSPS) is 13.1. The first-order valence-corrected chi connectivity index (χ1v) is 5.58. The van der Waals surface area contributed by atoms with E-state index in [0.717, 1.165) is 45.8 Å². The van der Waals surface area contributed by atoms with Crippen molar-refractivity contribution in [2.45, 2.75) is 26.7 Å². The van der Waals surface area contributed by atoms with E-state index in [4.69, 9.17) is 9.47 Å². The van der Waals surface area contributed by atoms with Crippen LogP contribution in [-0.4, -0.2) is 40.0 Å². The smallest absolute Gasteiger partial charge is 0.0499 e. The molecule has 3 heteroatoms. The van der Waals surface area contributed by atoms with Gasteiger partial charge in [0.05, 0.1) is 0 Å². The highest BCUT2D eigenvalue weighted by atomic mass is 16.5. The van der Waals surface area contributed by atoms with Crippen LogP contribution >= 0.6 is 0 Å². The molecule has 86 valence electrons. The van der Waals surface area contributed by atoms with Gasteiger partial charge in [-0.15, -0.1) is 0 Å². The van der Waals surface area contributed by atoms with Gasteiger partial charge in [-0.2, -0.15) is 0 Å². The van der Waals surface area contributed by atoms with Gasteiger partial charge in [-0.05, 0) is 31.8 Å². The standard InChI is InChI=1S/C11H25NO2/c1-4-7-14-8-5-6-12-9-11(2)10-13-3/h11-12H,4-10H2,1-3H3. The number of hydrogen-bond acceptors (Lipinski definition) is 3. The van der Waals surface area contributed by atoms with E-state index in [1.54, 1.807) is 7.11 Å². The highest BCUT2D eigenvalue weighted by Gasteiger charge is 1.99. The molecule has 0 heterocycles. The average molecular weight is 203 g/mol. The van der Waals surface area contributed by atoms with Gasteiger partial charge in [0.1, 0.15) is 0 Å². The van der Waals surface area contributed by atoms with Crippen molar-refractivity contribution in [3.8, 4) is 0 Å². The second-order valence-electron chi connectivity index (χ2n) is 3.73. The van der Waals surface area contributed by atoms with Crippen LogP contribution in [0.2, 0.25) is 0 Å².